The van der Waals surface area contributed by atoms with Crippen LogP contribution in [0.5, 0.6) is 0 Å². The second kappa shape index (κ2) is 14.8. The van der Waals surface area contributed by atoms with Crippen LogP contribution in [0.3, 0.4) is 0 Å². The number of ether oxygens (including phenoxy) is 2. The topological polar surface area (TPSA) is 35.5 Å². The predicted octanol–water partition coefficient (Wildman–Crippen LogP) is 7.62. The van der Waals surface area contributed by atoms with Crippen LogP contribution in [0.2, 0.25) is 0 Å². The number of aryl methyl sites for hydroxylation is 1. The first-order chi connectivity index (χ1) is 15.1. The third kappa shape index (κ3) is 9.69. The van der Waals surface area contributed by atoms with Crippen molar-refractivity contribution < 1.29 is 14.3 Å². The fourth-order valence-electron chi connectivity index (χ4n) is 3.63. The zero-order valence-electron chi connectivity index (χ0n) is 19.7. The number of carbonyl (C=O) groups is 1. The molecule has 3 nitrogen and oxygen atoms in total. The van der Waals surface area contributed by atoms with E-state index in [1.165, 1.54) is 56.1 Å². The van der Waals surface area contributed by atoms with Crippen LogP contribution in [0.4, 0.5) is 0 Å². The van der Waals surface area contributed by atoms with Gasteiger partial charge in [0, 0.05) is 6.61 Å². The molecule has 0 heterocycles. The summed E-state index contributed by atoms with van der Waals surface area (Å²) in [6.07, 6.45) is 11.3. The van der Waals surface area contributed by atoms with Crippen molar-refractivity contribution in [2.24, 2.45) is 0 Å². The molecule has 2 aromatic carbocycles. The van der Waals surface area contributed by atoms with Crippen LogP contribution in [0.25, 0.3) is 11.1 Å². The quantitative estimate of drug-likeness (QED) is 0.218. The summed E-state index contributed by atoms with van der Waals surface area (Å²) in [6, 6.07) is 16.5. The van der Waals surface area contributed by atoms with Crippen LogP contribution in [-0.4, -0.2) is 25.3 Å². The molecule has 0 spiro atoms. The summed E-state index contributed by atoms with van der Waals surface area (Å²) in [5, 5.41) is 0. The molecular formula is C28H40O3. The van der Waals surface area contributed by atoms with Gasteiger partial charge < -0.3 is 9.47 Å². The van der Waals surface area contributed by atoms with Gasteiger partial charge >= 0.3 is 5.97 Å². The molecule has 170 valence electrons. The molecule has 2 rings (SSSR count). The molecule has 2 aromatic rings. The predicted molar refractivity (Wildman–Crippen MR) is 130 cm³/mol. The largest absolute Gasteiger partial charge is 0.457 e. The van der Waals surface area contributed by atoms with Crippen molar-refractivity contribution in [1.29, 1.82) is 0 Å². The minimum Gasteiger partial charge on any atom is -0.457 e. The summed E-state index contributed by atoms with van der Waals surface area (Å²) < 4.78 is 10.9. The summed E-state index contributed by atoms with van der Waals surface area (Å²) >= 11 is 0. The van der Waals surface area contributed by atoms with Crippen LogP contribution in [0, 0.1) is 0 Å². The molecule has 0 bridgehead atoms. The first-order valence-electron chi connectivity index (χ1n) is 12.1. The molecular weight excluding hydrogens is 384 g/mol. The first-order valence-corrected chi connectivity index (χ1v) is 12.1. The van der Waals surface area contributed by atoms with E-state index in [2.05, 4.69) is 38.1 Å². The van der Waals surface area contributed by atoms with Gasteiger partial charge in [-0.25, -0.2) is 4.79 Å². The average molecular weight is 425 g/mol. The Bertz CT molecular complexity index is 734. The van der Waals surface area contributed by atoms with Crippen molar-refractivity contribution in [3.05, 3.63) is 59.7 Å². The molecule has 1 atom stereocenters. The molecule has 31 heavy (non-hydrogen) atoms. The van der Waals surface area contributed by atoms with E-state index < -0.39 is 0 Å². The summed E-state index contributed by atoms with van der Waals surface area (Å²) in [6.45, 7) is 7.30. The molecule has 0 aliphatic heterocycles. The molecule has 0 aliphatic rings. The van der Waals surface area contributed by atoms with Crippen molar-refractivity contribution >= 4 is 5.97 Å². The van der Waals surface area contributed by atoms with Crippen LogP contribution in [0.15, 0.2) is 48.5 Å². The zero-order chi connectivity index (χ0) is 22.3. The van der Waals surface area contributed by atoms with Gasteiger partial charge in [-0.3, -0.25) is 0 Å². The van der Waals surface area contributed by atoms with Gasteiger partial charge in [-0.05, 0) is 55.0 Å². The van der Waals surface area contributed by atoms with E-state index in [9.17, 15) is 4.79 Å². The summed E-state index contributed by atoms with van der Waals surface area (Å²) in [7, 11) is 0. The monoisotopic (exact) mass is 424 g/mol. The third-order valence-corrected chi connectivity index (χ3v) is 5.49. The first kappa shape index (κ1) is 25.1. The Balaban J connectivity index is 1.78. The molecule has 0 aliphatic carbocycles. The Labute approximate surface area is 189 Å². The molecule has 0 saturated carbocycles. The smallest absolute Gasteiger partial charge is 0.338 e. The van der Waals surface area contributed by atoms with E-state index in [1.54, 1.807) is 0 Å². The molecule has 3 heteroatoms. The van der Waals surface area contributed by atoms with Crippen LogP contribution < -0.4 is 0 Å². The van der Waals surface area contributed by atoms with Gasteiger partial charge in [0.15, 0.2) is 0 Å². The van der Waals surface area contributed by atoms with E-state index in [-0.39, 0.29) is 12.1 Å². The van der Waals surface area contributed by atoms with Crippen molar-refractivity contribution in [1.82, 2.24) is 0 Å². The average Bonchev–Trinajstić information content (AvgIpc) is 2.79. The number of benzene rings is 2. The lowest BCUT2D eigenvalue weighted by atomic mass is 10.00. The molecule has 0 radical (unpaired) electrons. The van der Waals surface area contributed by atoms with E-state index in [4.69, 9.17) is 9.47 Å². The second-order valence-corrected chi connectivity index (χ2v) is 8.44. The van der Waals surface area contributed by atoms with Gasteiger partial charge in [-0.15, -0.1) is 0 Å². The molecule has 0 fully saturated rings. The van der Waals surface area contributed by atoms with E-state index in [0.717, 1.165) is 18.4 Å². The van der Waals surface area contributed by atoms with Crippen molar-refractivity contribution in [3.8, 4) is 11.1 Å². The van der Waals surface area contributed by atoms with Gasteiger partial charge in [0.25, 0.3) is 0 Å². The Morgan fingerprint density at radius 1 is 0.774 bits per heavy atom. The number of rotatable bonds is 15. The highest BCUT2D eigenvalue weighted by molar-refractivity contribution is 5.90. The Hall–Kier alpha value is -2.13. The van der Waals surface area contributed by atoms with Gasteiger partial charge in [-0.1, -0.05) is 88.8 Å². The number of carbonyl (C=O) groups excluding carboxylic acids is 1. The Kier molecular flexibility index (Phi) is 12.0. The summed E-state index contributed by atoms with van der Waals surface area (Å²) in [5.41, 5.74) is 4.25. The van der Waals surface area contributed by atoms with Gasteiger partial charge in [-0.2, -0.15) is 0 Å². The third-order valence-electron chi connectivity index (χ3n) is 5.49. The minimum absolute atomic E-state index is 0.248. The highest BCUT2D eigenvalue weighted by Crippen LogP contribution is 2.22. The lowest BCUT2D eigenvalue weighted by molar-refractivity contribution is 0.00226. The standard InChI is InChI=1S/C28H40O3/c1-4-6-7-8-9-10-11-12-24-13-15-25(16-14-24)26-17-19-27(20-18-26)28(29)31-23(3)22-30-21-5-2/h13-20,23H,4-12,21-22H2,1-3H3. The van der Waals surface area contributed by atoms with Crippen molar-refractivity contribution in [2.45, 2.75) is 84.7 Å². The van der Waals surface area contributed by atoms with Gasteiger partial charge in [0.1, 0.15) is 6.10 Å². The summed E-state index contributed by atoms with van der Waals surface area (Å²) in [4.78, 5) is 12.3. The van der Waals surface area contributed by atoms with Crippen LogP contribution >= 0.6 is 0 Å². The van der Waals surface area contributed by atoms with Crippen molar-refractivity contribution in [3.63, 3.8) is 0 Å². The molecule has 1 unspecified atom stereocenters. The zero-order valence-corrected chi connectivity index (χ0v) is 19.7. The Morgan fingerprint density at radius 3 is 1.97 bits per heavy atom. The number of hydrogen-bond donors (Lipinski definition) is 0. The molecule has 0 aromatic heterocycles. The highest BCUT2D eigenvalue weighted by atomic mass is 16.6. The summed E-state index contributed by atoms with van der Waals surface area (Å²) in [5.74, 6) is -0.302. The Morgan fingerprint density at radius 2 is 1.35 bits per heavy atom. The normalized spacial score (nSPS) is 12.0. The highest BCUT2D eigenvalue weighted by Gasteiger charge is 2.12. The number of hydrogen-bond acceptors (Lipinski definition) is 3. The van der Waals surface area contributed by atoms with E-state index >= 15 is 0 Å². The second-order valence-electron chi connectivity index (χ2n) is 8.44. The molecule has 0 N–H and O–H groups in total. The maximum Gasteiger partial charge on any atom is 0.338 e. The van der Waals surface area contributed by atoms with Crippen LogP contribution in [0.1, 0.15) is 88.1 Å². The SMILES string of the molecule is CCCCCCCCCc1ccc(-c2ccc(C(=O)OC(C)COCCC)cc2)cc1. The molecule has 0 amide bonds. The van der Waals surface area contributed by atoms with Gasteiger partial charge in [0.2, 0.25) is 0 Å². The minimum atomic E-state index is -0.302. The lowest BCUT2D eigenvalue weighted by Crippen LogP contribution is -2.20. The van der Waals surface area contributed by atoms with Crippen molar-refractivity contribution in [2.75, 3.05) is 13.2 Å². The number of unbranched alkanes of at least 4 members (excludes halogenated alkanes) is 6. The van der Waals surface area contributed by atoms with E-state index in [0.29, 0.717) is 18.8 Å². The lowest BCUT2D eigenvalue weighted by Gasteiger charge is -2.13. The fraction of sp³-hybridized carbons (Fsp3) is 0.536. The fourth-order valence-corrected chi connectivity index (χ4v) is 3.63. The maximum atomic E-state index is 12.3. The maximum absolute atomic E-state index is 12.3. The van der Waals surface area contributed by atoms with Crippen LogP contribution in [-0.2, 0) is 15.9 Å². The van der Waals surface area contributed by atoms with E-state index in [1.807, 2.05) is 31.2 Å². The number of esters is 1. The molecule has 0 saturated heterocycles. The van der Waals surface area contributed by atoms with Gasteiger partial charge in [0.05, 0.1) is 12.2 Å².